The van der Waals surface area contributed by atoms with Crippen molar-refractivity contribution >= 4 is 32.5 Å². The lowest BCUT2D eigenvalue weighted by Crippen LogP contribution is -2.33. The van der Waals surface area contributed by atoms with Crippen LogP contribution in [0.4, 0.5) is 0 Å². The van der Waals surface area contributed by atoms with Gasteiger partial charge in [0.1, 0.15) is 22.5 Å². The zero-order chi connectivity index (χ0) is 21.3. The number of aromatic nitrogens is 2. The van der Waals surface area contributed by atoms with Crippen molar-refractivity contribution in [1.29, 1.82) is 0 Å². The largest absolute Gasteiger partial charge is 0.726 e. The Hall–Kier alpha value is -3.27. The summed E-state index contributed by atoms with van der Waals surface area (Å²) in [6.45, 7) is 3.71. The molecule has 3 N–H and O–H groups in total. The fourth-order valence-corrected chi connectivity index (χ4v) is 2.99. The molecule has 0 saturated heterocycles. The van der Waals surface area contributed by atoms with Crippen LogP contribution < -0.4 is 4.57 Å². The van der Waals surface area contributed by atoms with Crippen molar-refractivity contribution in [2.24, 2.45) is 0 Å². The van der Waals surface area contributed by atoms with Gasteiger partial charge in [-0.2, -0.15) is 0 Å². The Bertz CT molecular complexity index is 1250. The highest BCUT2D eigenvalue weighted by atomic mass is 32.3. The molecule has 150 valence electrons. The highest BCUT2D eigenvalue weighted by molar-refractivity contribution is 7.79. The van der Waals surface area contributed by atoms with E-state index in [2.05, 4.69) is 0 Å². The minimum atomic E-state index is -4.92. The third-order valence-corrected chi connectivity index (χ3v) is 4.32. The predicted molar refractivity (Wildman–Crippen MR) is 106 cm³/mol. The lowest BCUT2D eigenvalue weighted by molar-refractivity contribution is -0.538. The second kappa shape index (κ2) is 7.63. The van der Waals surface area contributed by atoms with Crippen LogP contribution in [-0.4, -0.2) is 32.7 Å². The summed E-state index contributed by atoms with van der Waals surface area (Å²) in [5.74, 6) is 0.453. The van der Waals surface area contributed by atoms with Gasteiger partial charge in [0, 0.05) is 12.1 Å². The van der Waals surface area contributed by atoms with Crippen molar-refractivity contribution in [3.63, 3.8) is 0 Å². The van der Waals surface area contributed by atoms with Gasteiger partial charge in [0.2, 0.25) is 27.1 Å². The van der Waals surface area contributed by atoms with E-state index in [1.54, 1.807) is 12.1 Å². The molecular weight excluding hydrogens is 396 g/mol. The summed E-state index contributed by atoms with van der Waals surface area (Å²) >= 11 is 0. The summed E-state index contributed by atoms with van der Waals surface area (Å²) in [4.78, 5) is 4.72. The first kappa shape index (κ1) is 20.5. The molecule has 4 rings (SSSR count). The smallest absolute Gasteiger partial charge is 0.241 e. The Labute approximate surface area is 166 Å². The quantitative estimate of drug-likeness (QED) is 0.189. The van der Waals surface area contributed by atoms with Gasteiger partial charge in [-0.1, -0.05) is 18.2 Å². The monoisotopic (exact) mass is 414 g/mol. The molecule has 8 nitrogen and oxygen atoms in total. The number of nitrogens with zero attached hydrogens (tertiary/aromatic N) is 2. The number of aromatic hydroxyl groups is 2. The molecule has 0 aliphatic rings. The molecule has 0 aliphatic heterocycles. The molecule has 0 fully saturated rings. The van der Waals surface area contributed by atoms with Gasteiger partial charge in [0.15, 0.2) is 0 Å². The predicted octanol–water partition coefficient (Wildman–Crippen LogP) is 2.70. The molecule has 0 saturated carbocycles. The van der Waals surface area contributed by atoms with Crippen molar-refractivity contribution in [3.8, 4) is 17.2 Å². The number of fused-ring (bicyclic) bond motifs is 2. The van der Waals surface area contributed by atoms with E-state index in [4.69, 9.17) is 22.5 Å². The van der Waals surface area contributed by atoms with Crippen LogP contribution in [0.15, 0.2) is 54.6 Å². The van der Waals surface area contributed by atoms with E-state index in [1.807, 2.05) is 60.9 Å². The number of hydrogen-bond acceptors (Lipinski definition) is 6. The zero-order valence-corrected chi connectivity index (χ0v) is 16.4. The number of aryl methyl sites for hydroxylation is 2. The van der Waals surface area contributed by atoms with Crippen LogP contribution in [0.2, 0.25) is 0 Å². The molecule has 1 aromatic heterocycles. The van der Waals surface area contributed by atoms with Crippen LogP contribution in [0.1, 0.15) is 11.1 Å². The number of hydrogen-bond donors (Lipinski definition) is 3. The standard InChI is InChI=1S/C20H16N2O2.H2O4S/c1-12-8-15-17(10-19(12)23)22(14-6-4-3-5-7-14)18-11-20(24)13(2)9-16(18)21-15;1-5(2,3)4/h3-11H,1-2H3,(H,23,24);(H2,1,2,3,4). The first-order valence-corrected chi connectivity index (χ1v) is 9.83. The average molecular weight is 414 g/mol. The molecule has 0 unspecified atom stereocenters. The van der Waals surface area contributed by atoms with Gasteiger partial charge in [-0.15, -0.1) is 4.57 Å². The molecule has 4 aromatic rings. The second-order valence-corrected chi connectivity index (χ2v) is 7.32. The number of rotatable bonds is 1. The number of benzene rings is 3. The maximum Gasteiger partial charge on any atom is 0.241 e. The molecule has 0 amide bonds. The zero-order valence-electron chi connectivity index (χ0n) is 15.6. The normalized spacial score (nSPS) is 11.3. The summed E-state index contributed by atoms with van der Waals surface area (Å²) in [6.07, 6.45) is 0. The van der Waals surface area contributed by atoms with Crippen LogP contribution in [0, 0.1) is 13.8 Å². The summed E-state index contributed by atoms with van der Waals surface area (Å²) in [5.41, 5.74) is 5.69. The van der Waals surface area contributed by atoms with Crippen LogP contribution in [0.3, 0.4) is 0 Å². The maximum absolute atomic E-state index is 10.2. The van der Waals surface area contributed by atoms with Crippen molar-refractivity contribution in [2.75, 3.05) is 0 Å². The minimum Gasteiger partial charge on any atom is -0.726 e. The molecular formula is C20H18N2O6S. The lowest BCUT2D eigenvalue weighted by atomic mass is 10.1. The van der Waals surface area contributed by atoms with E-state index >= 15 is 0 Å². The highest BCUT2D eigenvalue weighted by Gasteiger charge is 2.21. The molecule has 0 atom stereocenters. The first-order chi connectivity index (χ1) is 13.5. The van der Waals surface area contributed by atoms with Gasteiger partial charge in [-0.25, -0.2) is 13.4 Å². The summed E-state index contributed by atoms with van der Waals surface area (Å²) in [7, 11) is -4.92. The minimum absolute atomic E-state index is 0.227. The molecule has 29 heavy (non-hydrogen) atoms. The molecule has 9 heteroatoms. The van der Waals surface area contributed by atoms with Gasteiger partial charge in [-0.3, -0.25) is 4.55 Å². The fourth-order valence-electron chi connectivity index (χ4n) is 2.99. The van der Waals surface area contributed by atoms with Crippen LogP contribution >= 0.6 is 0 Å². The third kappa shape index (κ3) is 4.60. The Balaban J connectivity index is 0.000000431. The molecule has 3 aromatic carbocycles. The van der Waals surface area contributed by atoms with Crippen LogP contribution in [0.25, 0.3) is 27.8 Å². The summed E-state index contributed by atoms with van der Waals surface area (Å²) < 4.78 is 34.8. The van der Waals surface area contributed by atoms with E-state index in [0.717, 1.165) is 38.9 Å². The van der Waals surface area contributed by atoms with Gasteiger partial charge >= 0.3 is 0 Å². The summed E-state index contributed by atoms with van der Waals surface area (Å²) in [5, 5.41) is 20.3. The summed E-state index contributed by atoms with van der Waals surface area (Å²) in [6, 6.07) is 17.1. The molecule has 0 bridgehead atoms. The maximum atomic E-state index is 10.2. The fraction of sp³-hybridized carbons (Fsp3) is 0.100. The van der Waals surface area contributed by atoms with Crippen LogP contribution in [-0.2, 0) is 10.4 Å². The number of phenolic OH excluding ortho intramolecular Hbond substituents is 2. The van der Waals surface area contributed by atoms with Gasteiger partial charge in [0.05, 0.1) is 12.1 Å². The van der Waals surface area contributed by atoms with Crippen LogP contribution in [0.5, 0.6) is 11.5 Å². The van der Waals surface area contributed by atoms with Gasteiger partial charge in [-0.05, 0) is 37.1 Å². The van der Waals surface area contributed by atoms with E-state index in [9.17, 15) is 10.2 Å². The van der Waals surface area contributed by atoms with Crippen molar-refractivity contribution in [3.05, 3.63) is 65.7 Å². The van der Waals surface area contributed by atoms with Crippen molar-refractivity contribution in [2.45, 2.75) is 13.8 Å². The Kier molecular flexibility index (Phi) is 5.38. The highest BCUT2D eigenvalue weighted by Crippen LogP contribution is 2.27. The van der Waals surface area contributed by atoms with Gasteiger partial charge in [0.25, 0.3) is 0 Å². The third-order valence-electron chi connectivity index (χ3n) is 4.32. The Morgan fingerprint density at radius 3 is 1.69 bits per heavy atom. The second-order valence-electron chi connectivity index (χ2n) is 6.47. The SMILES string of the molecule is Cc1cc2nc3cc(C)c(O)cc3[n+](-c3ccccc3)c2cc1O.O=S(=O)([O-])O. The van der Waals surface area contributed by atoms with E-state index in [0.29, 0.717) is 0 Å². The van der Waals surface area contributed by atoms with E-state index in [-0.39, 0.29) is 11.5 Å². The van der Waals surface area contributed by atoms with Crippen molar-refractivity contribution in [1.82, 2.24) is 4.98 Å². The molecule has 0 radical (unpaired) electrons. The number of phenols is 2. The Morgan fingerprint density at radius 1 is 0.862 bits per heavy atom. The van der Waals surface area contributed by atoms with Gasteiger partial charge < -0.3 is 14.8 Å². The average Bonchev–Trinajstić information content (AvgIpc) is 2.62. The van der Waals surface area contributed by atoms with E-state index in [1.165, 1.54) is 0 Å². The lowest BCUT2D eigenvalue weighted by Gasteiger charge is -2.08. The topological polar surface area (TPSA) is 135 Å². The Morgan fingerprint density at radius 2 is 1.28 bits per heavy atom. The van der Waals surface area contributed by atoms with E-state index < -0.39 is 10.4 Å². The number of para-hydroxylation sites is 1. The molecule has 0 spiro atoms. The van der Waals surface area contributed by atoms with Crippen molar-refractivity contribution < 1.29 is 32.3 Å². The first-order valence-electron chi connectivity index (χ1n) is 8.47. The molecule has 0 aliphatic carbocycles. The molecule has 1 heterocycles.